The molecule has 0 spiro atoms. The Bertz CT molecular complexity index is 623. The average Bonchev–Trinajstić information content (AvgIpc) is 2.70. The molecule has 15 heavy (non-hydrogen) atoms. The largest absolute Gasteiger partial charge is 0.464 e. The molecule has 0 amide bonds. The zero-order chi connectivity index (χ0) is 10.4. The quantitative estimate of drug-likeness (QED) is 0.553. The van der Waals surface area contributed by atoms with Gasteiger partial charge in [-0.2, -0.15) is 0 Å². The smallest absolute Gasteiger partial charge is 0.197 e. The van der Waals surface area contributed by atoms with Crippen LogP contribution in [0, 0.1) is 0 Å². The second-order valence-electron chi connectivity index (χ2n) is 3.39. The van der Waals surface area contributed by atoms with Crippen molar-refractivity contribution >= 4 is 5.78 Å². The minimum Gasteiger partial charge on any atom is -0.464 e. The normalized spacial score (nSPS) is 12.4. The predicted octanol–water partition coefficient (Wildman–Crippen LogP) is 1.85. The van der Waals surface area contributed by atoms with Crippen LogP contribution < -0.4 is 5.43 Å². The lowest BCUT2D eigenvalue weighted by Gasteiger charge is -1.88. The van der Waals surface area contributed by atoms with Crippen LogP contribution in [0.15, 0.2) is 45.8 Å². The van der Waals surface area contributed by atoms with Crippen LogP contribution in [0.1, 0.15) is 15.9 Å². The van der Waals surface area contributed by atoms with Crippen molar-refractivity contribution in [3.05, 3.63) is 57.9 Å². The van der Waals surface area contributed by atoms with Crippen LogP contribution in [0.4, 0.5) is 0 Å². The third kappa shape index (κ3) is 1.00. The van der Waals surface area contributed by atoms with E-state index in [0.717, 1.165) is 0 Å². The lowest BCUT2D eigenvalue weighted by Crippen LogP contribution is -1.92. The highest BCUT2D eigenvalue weighted by molar-refractivity contribution is 6.20. The van der Waals surface area contributed by atoms with Crippen LogP contribution in [0.25, 0.3) is 11.3 Å². The Kier molecular flexibility index (Phi) is 1.45. The molecule has 0 saturated heterocycles. The number of carbonyl (C=O) groups is 1. The van der Waals surface area contributed by atoms with Crippen molar-refractivity contribution in [3.63, 3.8) is 0 Å². The summed E-state index contributed by atoms with van der Waals surface area (Å²) in [7, 11) is 0. The number of hydrogen-bond acceptors (Lipinski definition) is 3. The van der Waals surface area contributed by atoms with Gasteiger partial charge in [0.15, 0.2) is 11.2 Å². The highest BCUT2D eigenvalue weighted by Crippen LogP contribution is 2.35. The lowest BCUT2D eigenvalue weighted by atomic mass is 10.1. The third-order valence-electron chi connectivity index (χ3n) is 2.50. The van der Waals surface area contributed by atoms with Gasteiger partial charge in [-0.3, -0.25) is 9.59 Å². The molecule has 2 aromatic rings. The summed E-state index contributed by atoms with van der Waals surface area (Å²) in [4.78, 5) is 23.2. The Labute approximate surface area is 85.0 Å². The summed E-state index contributed by atoms with van der Waals surface area (Å²) in [6.07, 6.45) is 1.46. The molecular formula is C12H6O3. The van der Waals surface area contributed by atoms with Gasteiger partial charge in [-0.25, -0.2) is 0 Å². The van der Waals surface area contributed by atoms with Crippen molar-refractivity contribution in [2.75, 3.05) is 0 Å². The summed E-state index contributed by atoms with van der Waals surface area (Å²) in [5.41, 5.74) is 1.53. The first kappa shape index (κ1) is 8.17. The van der Waals surface area contributed by atoms with Gasteiger partial charge in [0.2, 0.25) is 0 Å². The first-order valence-corrected chi connectivity index (χ1v) is 4.54. The molecule has 0 atom stereocenters. The molecule has 3 heteroatoms. The van der Waals surface area contributed by atoms with Gasteiger partial charge in [-0.15, -0.1) is 0 Å². The topological polar surface area (TPSA) is 47.3 Å². The highest BCUT2D eigenvalue weighted by Gasteiger charge is 2.28. The van der Waals surface area contributed by atoms with E-state index in [-0.39, 0.29) is 11.2 Å². The van der Waals surface area contributed by atoms with Crippen LogP contribution in [0.2, 0.25) is 0 Å². The average molecular weight is 198 g/mol. The fourth-order valence-electron chi connectivity index (χ4n) is 1.82. The zero-order valence-corrected chi connectivity index (χ0v) is 7.69. The second-order valence-corrected chi connectivity index (χ2v) is 3.39. The Morgan fingerprint density at radius 3 is 2.67 bits per heavy atom. The minimum absolute atomic E-state index is 0.0793. The number of carbonyl (C=O) groups excluding carboxylic acids is 1. The van der Waals surface area contributed by atoms with E-state index in [1.54, 1.807) is 18.2 Å². The maximum atomic E-state index is 11.8. The summed E-state index contributed by atoms with van der Waals surface area (Å²) in [6.45, 7) is 0. The maximum Gasteiger partial charge on any atom is 0.197 e. The van der Waals surface area contributed by atoms with E-state index in [1.807, 2.05) is 0 Å². The lowest BCUT2D eigenvalue weighted by molar-refractivity contribution is 0.104. The van der Waals surface area contributed by atoms with Crippen LogP contribution >= 0.6 is 0 Å². The molecule has 3 nitrogen and oxygen atoms in total. The molecule has 0 aliphatic heterocycles. The van der Waals surface area contributed by atoms with E-state index in [2.05, 4.69) is 0 Å². The number of hydrogen-bond donors (Lipinski definition) is 0. The van der Waals surface area contributed by atoms with Gasteiger partial charge in [0.05, 0.1) is 11.8 Å². The molecule has 1 aromatic heterocycles. The molecule has 1 aliphatic rings. The van der Waals surface area contributed by atoms with Crippen molar-refractivity contribution in [3.8, 4) is 11.3 Å². The van der Waals surface area contributed by atoms with E-state index in [4.69, 9.17) is 4.42 Å². The zero-order valence-electron chi connectivity index (χ0n) is 7.69. The van der Waals surface area contributed by atoms with Crippen LogP contribution in [0.3, 0.4) is 0 Å². The van der Waals surface area contributed by atoms with Gasteiger partial charge in [-0.05, 0) is 18.2 Å². The van der Waals surface area contributed by atoms with Crippen molar-refractivity contribution in [1.29, 1.82) is 0 Å². The SMILES string of the molecule is O=C1c2cccc(=O)cc2-c2occc21. The fraction of sp³-hybridized carbons (Fsp3) is 0. The van der Waals surface area contributed by atoms with E-state index in [1.165, 1.54) is 18.4 Å². The summed E-state index contributed by atoms with van der Waals surface area (Å²) in [5.74, 6) is 0.424. The fourth-order valence-corrected chi connectivity index (χ4v) is 1.82. The van der Waals surface area contributed by atoms with Gasteiger partial charge < -0.3 is 4.42 Å². The molecule has 72 valence electrons. The van der Waals surface area contributed by atoms with E-state index in [9.17, 15) is 9.59 Å². The van der Waals surface area contributed by atoms with Crippen molar-refractivity contribution < 1.29 is 9.21 Å². The molecular weight excluding hydrogens is 192 g/mol. The second kappa shape index (κ2) is 2.67. The van der Waals surface area contributed by atoms with Crippen LogP contribution in [-0.4, -0.2) is 5.78 Å². The summed E-state index contributed by atoms with van der Waals surface area (Å²) in [5, 5.41) is 0. The van der Waals surface area contributed by atoms with E-state index >= 15 is 0 Å². The number of furan rings is 1. The van der Waals surface area contributed by atoms with Gasteiger partial charge >= 0.3 is 0 Å². The Morgan fingerprint density at radius 2 is 1.80 bits per heavy atom. The number of fused-ring (bicyclic) bond motifs is 3. The van der Waals surface area contributed by atoms with Gasteiger partial charge in [-0.1, -0.05) is 12.1 Å². The number of ketones is 1. The maximum absolute atomic E-state index is 11.8. The molecule has 1 heterocycles. The number of rotatable bonds is 0. The molecule has 0 fully saturated rings. The predicted molar refractivity (Wildman–Crippen MR) is 53.8 cm³/mol. The van der Waals surface area contributed by atoms with Gasteiger partial charge in [0.1, 0.15) is 5.76 Å². The first-order chi connectivity index (χ1) is 7.27. The van der Waals surface area contributed by atoms with Crippen molar-refractivity contribution in [2.24, 2.45) is 0 Å². The molecule has 0 radical (unpaired) electrons. The first-order valence-electron chi connectivity index (χ1n) is 4.54. The molecule has 1 aliphatic carbocycles. The third-order valence-corrected chi connectivity index (χ3v) is 2.50. The van der Waals surface area contributed by atoms with Gasteiger partial charge in [0.25, 0.3) is 0 Å². The van der Waals surface area contributed by atoms with E-state index in [0.29, 0.717) is 22.5 Å². The molecule has 1 aromatic carbocycles. The molecule has 3 rings (SSSR count). The molecule has 0 N–H and O–H groups in total. The van der Waals surface area contributed by atoms with Crippen LogP contribution in [-0.2, 0) is 0 Å². The van der Waals surface area contributed by atoms with Crippen molar-refractivity contribution in [2.45, 2.75) is 0 Å². The molecule has 0 saturated carbocycles. The molecule has 0 unspecified atom stereocenters. The van der Waals surface area contributed by atoms with Gasteiger partial charge in [0, 0.05) is 11.1 Å². The van der Waals surface area contributed by atoms with Crippen molar-refractivity contribution in [1.82, 2.24) is 0 Å². The summed E-state index contributed by atoms with van der Waals surface area (Å²) < 4.78 is 5.21. The Morgan fingerprint density at radius 1 is 0.933 bits per heavy atom. The minimum atomic E-state index is -0.131. The van der Waals surface area contributed by atoms with E-state index < -0.39 is 0 Å². The van der Waals surface area contributed by atoms with Crippen LogP contribution in [0.5, 0.6) is 0 Å². The Hall–Kier alpha value is -2.16. The Balaban J connectivity index is 2.48. The standard InChI is InChI=1S/C12H6O3/c13-7-2-1-3-8-10(6-7)12-9(11(8)14)4-5-15-12/h1-6H. The summed E-state index contributed by atoms with van der Waals surface area (Å²) in [6, 6.07) is 7.72. The highest BCUT2D eigenvalue weighted by atomic mass is 16.3. The molecule has 0 bridgehead atoms. The summed E-state index contributed by atoms with van der Waals surface area (Å²) >= 11 is 0. The monoisotopic (exact) mass is 198 g/mol.